The molecule has 0 bridgehead atoms. The highest BCUT2D eigenvalue weighted by Gasteiger charge is 2.40. The summed E-state index contributed by atoms with van der Waals surface area (Å²) in [6.45, 7) is 0.132. The first-order chi connectivity index (χ1) is 19.8. The number of nitrogens with zero attached hydrogens (tertiary/aromatic N) is 1. The van der Waals surface area contributed by atoms with Crippen LogP contribution in [0.15, 0.2) is 121 Å². The molecule has 2 aliphatic rings. The number of para-hydroxylation sites is 2. The Morgan fingerprint density at radius 1 is 0.550 bits per heavy atom. The molecule has 4 heterocycles. The third kappa shape index (κ3) is 2.59. The average Bonchev–Trinajstić information content (AvgIpc) is 3.55. The summed E-state index contributed by atoms with van der Waals surface area (Å²) in [7, 11) is 0. The monoisotopic (exact) mass is 525 g/mol. The second-order valence-electron chi connectivity index (χ2n) is 10.9. The van der Waals surface area contributed by atoms with Crippen molar-refractivity contribution < 1.29 is 4.74 Å². The fourth-order valence-electron chi connectivity index (χ4n) is 7.18. The first kappa shape index (κ1) is 21.1. The third-order valence-corrected chi connectivity index (χ3v) is 10.0. The molecular weight excluding hydrogens is 505 g/mol. The molecule has 0 unspecified atom stereocenters. The summed E-state index contributed by atoms with van der Waals surface area (Å²) < 4.78 is 11.8. The summed E-state index contributed by atoms with van der Waals surface area (Å²) in [5, 5.41) is 5.25. The lowest BCUT2D eigenvalue weighted by molar-refractivity contribution is 0.487. The lowest BCUT2D eigenvalue weighted by Crippen LogP contribution is -2.58. The second-order valence-corrected chi connectivity index (χ2v) is 12.0. The molecule has 8 aromatic rings. The first-order valence-corrected chi connectivity index (χ1v) is 14.5. The summed E-state index contributed by atoms with van der Waals surface area (Å²) in [6, 6.07) is 44.4. The van der Waals surface area contributed by atoms with Crippen molar-refractivity contribution in [3.63, 3.8) is 0 Å². The molecule has 0 saturated heterocycles. The molecular formula is C36H20BNOS. The van der Waals surface area contributed by atoms with Crippen molar-refractivity contribution in [2.24, 2.45) is 0 Å². The molecule has 2 aromatic heterocycles. The van der Waals surface area contributed by atoms with E-state index in [2.05, 4.69) is 126 Å². The maximum absolute atomic E-state index is 6.72. The smallest absolute Gasteiger partial charge is 0.256 e. The lowest BCUT2D eigenvalue weighted by Gasteiger charge is -2.33. The highest BCUT2D eigenvalue weighted by molar-refractivity contribution is 7.25. The van der Waals surface area contributed by atoms with Crippen molar-refractivity contribution >= 4 is 76.4 Å². The van der Waals surface area contributed by atoms with E-state index in [4.69, 9.17) is 4.74 Å². The van der Waals surface area contributed by atoms with Crippen LogP contribution in [0.5, 0.6) is 11.5 Å². The van der Waals surface area contributed by atoms with E-state index in [1.54, 1.807) is 0 Å². The minimum atomic E-state index is 0.132. The van der Waals surface area contributed by atoms with Gasteiger partial charge in [0.05, 0.1) is 5.52 Å². The van der Waals surface area contributed by atoms with E-state index in [1.807, 2.05) is 11.3 Å². The van der Waals surface area contributed by atoms with Crippen molar-refractivity contribution in [3.8, 4) is 28.3 Å². The minimum Gasteiger partial charge on any atom is -0.458 e. The summed E-state index contributed by atoms with van der Waals surface area (Å²) >= 11 is 1.86. The van der Waals surface area contributed by atoms with Gasteiger partial charge in [0.1, 0.15) is 11.5 Å². The number of rotatable bonds is 1. The molecule has 0 spiro atoms. The zero-order chi connectivity index (χ0) is 25.9. The Morgan fingerprint density at radius 2 is 1.32 bits per heavy atom. The summed E-state index contributed by atoms with van der Waals surface area (Å²) in [4.78, 5) is 0. The van der Waals surface area contributed by atoms with Crippen LogP contribution < -0.4 is 21.1 Å². The Labute approximate surface area is 234 Å². The van der Waals surface area contributed by atoms with Gasteiger partial charge in [-0.3, -0.25) is 0 Å². The Balaban J connectivity index is 1.21. The quantitative estimate of drug-likeness (QED) is 0.200. The number of ether oxygens (including phenoxy) is 1. The molecule has 0 atom stereocenters. The van der Waals surface area contributed by atoms with Gasteiger partial charge < -0.3 is 9.30 Å². The minimum absolute atomic E-state index is 0.132. The predicted octanol–water partition coefficient (Wildman–Crippen LogP) is 7.75. The normalized spacial score (nSPS) is 13.2. The molecule has 0 saturated carbocycles. The number of hydrogen-bond donors (Lipinski definition) is 0. The number of aromatic nitrogens is 1. The predicted molar refractivity (Wildman–Crippen MR) is 170 cm³/mol. The maximum Gasteiger partial charge on any atom is 0.256 e. The molecule has 4 heteroatoms. The van der Waals surface area contributed by atoms with Crippen molar-refractivity contribution in [3.05, 3.63) is 121 Å². The Bertz CT molecular complexity index is 2380. The molecule has 184 valence electrons. The van der Waals surface area contributed by atoms with Gasteiger partial charge >= 0.3 is 0 Å². The van der Waals surface area contributed by atoms with E-state index in [9.17, 15) is 0 Å². The molecule has 2 nitrogen and oxygen atoms in total. The van der Waals surface area contributed by atoms with Gasteiger partial charge in [-0.25, -0.2) is 0 Å². The standard InChI is InChI=1S/C36H20BNOS/c1-3-11-29-23(7-1)25-9-5-10-28-36(25)38(29)30-12-6-13-31-35(30)37(28)27-17-15-22(20-32(27)39-31)21-16-18-34-26(19-21)24-8-2-4-14-33(24)40-34/h1-20H. The maximum atomic E-state index is 6.72. The SMILES string of the molecule is c1cc2c3c(c1)-n1c4ccccc4c4cccc(c41)B3c1ccc(-c3ccc4sc5ccccc5c4c3)cc1O2. The summed E-state index contributed by atoms with van der Waals surface area (Å²) in [6.07, 6.45) is 0. The fourth-order valence-corrected chi connectivity index (χ4v) is 8.26. The number of thiophene rings is 1. The number of hydrogen-bond acceptors (Lipinski definition) is 2. The Kier molecular flexibility index (Phi) is 3.92. The Hall–Kier alpha value is -4.80. The van der Waals surface area contributed by atoms with E-state index >= 15 is 0 Å². The Morgan fingerprint density at radius 3 is 2.30 bits per heavy atom. The lowest BCUT2D eigenvalue weighted by atomic mass is 9.34. The van der Waals surface area contributed by atoms with Gasteiger partial charge in [-0.2, -0.15) is 0 Å². The van der Waals surface area contributed by atoms with Crippen LogP contribution in [0.4, 0.5) is 0 Å². The van der Waals surface area contributed by atoms with Gasteiger partial charge in [0.25, 0.3) is 6.71 Å². The molecule has 0 amide bonds. The van der Waals surface area contributed by atoms with Gasteiger partial charge in [0.2, 0.25) is 0 Å². The zero-order valence-corrected chi connectivity index (χ0v) is 22.2. The van der Waals surface area contributed by atoms with Crippen LogP contribution in [0, 0.1) is 0 Å². The number of benzene rings is 6. The molecule has 0 aliphatic carbocycles. The molecule has 10 rings (SSSR count). The van der Waals surface area contributed by atoms with E-state index in [0.29, 0.717) is 0 Å². The van der Waals surface area contributed by atoms with Crippen LogP contribution in [-0.2, 0) is 0 Å². The van der Waals surface area contributed by atoms with Crippen LogP contribution in [0.1, 0.15) is 0 Å². The van der Waals surface area contributed by atoms with E-state index in [0.717, 1.165) is 11.5 Å². The largest absolute Gasteiger partial charge is 0.458 e. The summed E-state index contributed by atoms with van der Waals surface area (Å²) in [5.74, 6) is 1.90. The highest BCUT2D eigenvalue weighted by Crippen LogP contribution is 2.39. The fraction of sp³-hybridized carbons (Fsp3) is 0. The van der Waals surface area contributed by atoms with Crippen molar-refractivity contribution in [2.45, 2.75) is 0 Å². The van der Waals surface area contributed by atoms with E-state index in [-0.39, 0.29) is 6.71 Å². The van der Waals surface area contributed by atoms with Crippen molar-refractivity contribution in [1.82, 2.24) is 4.57 Å². The molecule has 0 fully saturated rings. The zero-order valence-electron chi connectivity index (χ0n) is 21.4. The van der Waals surface area contributed by atoms with E-state index < -0.39 is 0 Å². The van der Waals surface area contributed by atoms with Crippen molar-refractivity contribution in [1.29, 1.82) is 0 Å². The van der Waals surface area contributed by atoms with Crippen LogP contribution in [0.25, 0.3) is 58.8 Å². The number of fused-ring (bicyclic) bond motifs is 10. The van der Waals surface area contributed by atoms with Gasteiger partial charge in [-0.15, -0.1) is 11.3 Å². The van der Waals surface area contributed by atoms with Crippen molar-refractivity contribution in [2.75, 3.05) is 0 Å². The van der Waals surface area contributed by atoms with Gasteiger partial charge in [0, 0.05) is 42.1 Å². The van der Waals surface area contributed by atoms with Gasteiger partial charge in [-0.1, -0.05) is 78.9 Å². The molecule has 6 aromatic carbocycles. The van der Waals surface area contributed by atoms with Crippen LogP contribution >= 0.6 is 11.3 Å². The third-order valence-electron chi connectivity index (χ3n) is 8.86. The molecule has 0 radical (unpaired) electrons. The van der Waals surface area contributed by atoms with Gasteiger partial charge in [0.15, 0.2) is 0 Å². The van der Waals surface area contributed by atoms with Gasteiger partial charge in [-0.05, 0) is 70.0 Å². The van der Waals surface area contributed by atoms with E-state index in [1.165, 1.54) is 75.2 Å². The topological polar surface area (TPSA) is 14.2 Å². The highest BCUT2D eigenvalue weighted by atomic mass is 32.1. The molecule has 0 N–H and O–H groups in total. The first-order valence-electron chi connectivity index (χ1n) is 13.7. The molecule has 40 heavy (non-hydrogen) atoms. The average molecular weight is 525 g/mol. The summed E-state index contributed by atoms with van der Waals surface area (Å²) in [5.41, 5.74) is 10.0. The van der Waals surface area contributed by atoms with Crippen LogP contribution in [0.3, 0.4) is 0 Å². The van der Waals surface area contributed by atoms with Crippen LogP contribution in [-0.4, -0.2) is 11.3 Å². The molecule has 2 aliphatic heterocycles. The van der Waals surface area contributed by atoms with Crippen LogP contribution in [0.2, 0.25) is 0 Å². The second kappa shape index (κ2) is 7.44.